The molecule has 0 saturated heterocycles. The van der Waals surface area contributed by atoms with E-state index in [-0.39, 0.29) is 0 Å². The lowest BCUT2D eigenvalue weighted by Gasteiger charge is -2.06. The van der Waals surface area contributed by atoms with Gasteiger partial charge in [0.05, 0.1) is 11.3 Å². The molecule has 102 valence electrons. The van der Waals surface area contributed by atoms with Crippen molar-refractivity contribution in [2.75, 3.05) is 5.73 Å². The van der Waals surface area contributed by atoms with E-state index in [2.05, 4.69) is 47.3 Å². The lowest BCUT2D eigenvalue weighted by molar-refractivity contribution is 0.770. The second-order valence-electron chi connectivity index (χ2n) is 5.03. The molecule has 3 aromatic rings. The number of rotatable bonds is 2. The number of nitrogens with two attached hydrogens (primary N) is 1. The highest BCUT2D eigenvalue weighted by atomic mass is 15.3. The lowest BCUT2D eigenvalue weighted by Crippen LogP contribution is -1.92. The molecule has 1 aromatic carbocycles. The Morgan fingerprint density at radius 2 is 1.95 bits per heavy atom. The molecule has 5 heteroatoms. The summed E-state index contributed by atoms with van der Waals surface area (Å²) < 4.78 is 1.76. The fourth-order valence-electron chi connectivity index (χ4n) is 2.28. The number of nitrogen functional groups attached to an aromatic ring is 1. The van der Waals surface area contributed by atoms with Gasteiger partial charge in [-0.1, -0.05) is 18.2 Å². The second-order valence-corrected chi connectivity index (χ2v) is 5.03. The normalized spacial score (nSPS) is 10.9. The van der Waals surface area contributed by atoms with Gasteiger partial charge >= 0.3 is 0 Å². The average Bonchev–Trinajstić information content (AvgIpc) is 2.99. The van der Waals surface area contributed by atoms with Gasteiger partial charge in [0.2, 0.25) is 0 Å². The fraction of sp³-hybridized carbons (Fsp3) is 0.200. The fourth-order valence-corrected chi connectivity index (χ4v) is 2.28. The van der Waals surface area contributed by atoms with Crippen molar-refractivity contribution in [3.05, 3.63) is 41.6 Å². The molecule has 0 fully saturated rings. The van der Waals surface area contributed by atoms with Gasteiger partial charge in [0.1, 0.15) is 5.69 Å². The van der Waals surface area contributed by atoms with Crippen LogP contribution >= 0.6 is 0 Å². The minimum absolute atomic E-state index is 0.494. The largest absolute Gasteiger partial charge is 0.382 e. The SMILES string of the molecule is Cc1ccc(-c2c(N)n[nH]c2-c2ccn(C)n2)cc1C. The molecule has 0 bridgehead atoms. The summed E-state index contributed by atoms with van der Waals surface area (Å²) in [6.07, 6.45) is 1.90. The van der Waals surface area contributed by atoms with Crippen molar-refractivity contribution in [1.29, 1.82) is 0 Å². The molecule has 2 aromatic heterocycles. The summed E-state index contributed by atoms with van der Waals surface area (Å²) in [5.74, 6) is 0.494. The van der Waals surface area contributed by atoms with Crippen LogP contribution in [0.4, 0.5) is 5.82 Å². The van der Waals surface area contributed by atoms with Crippen LogP contribution in [-0.4, -0.2) is 20.0 Å². The third-order valence-electron chi connectivity index (χ3n) is 3.56. The summed E-state index contributed by atoms with van der Waals surface area (Å²) in [5, 5.41) is 11.5. The monoisotopic (exact) mass is 267 g/mol. The maximum atomic E-state index is 6.03. The van der Waals surface area contributed by atoms with Crippen LogP contribution in [0.5, 0.6) is 0 Å². The maximum Gasteiger partial charge on any atom is 0.153 e. The van der Waals surface area contributed by atoms with Gasteiger partial charge in [0.15, 0.2) is 5.82 Å². The van der Waals surface area contributed by atoms with Gasteiger partial charge in [0.25, 0.3) is 0 Å². The molecule has 0 saturated carbocycles. The van der Waals surface area contributed by atoms with Crippen LogP contribution in [-0.2, 0) is 7.05 Å². The van der Waals surface area contributed by atoms with E-state index in [4.69, 9.17) is 5.73 Å². The molecule has 0 aliphatic heterocycles. The summed E-state index contributed by atoms with van der Waals surface area (Å²) >= 11 is 0. The Morgan fingerprint density at radius 1 is 1.15 bits per heavy atom. The van der Waals surface area contributed by atoms with E-state index < -0.39 is 0 Å². The van der Waals surface area contributed by atoms with Crippen molar-refractivity contribution in [3.63, 3.8) is 0 Å². The van der Waals surface area contributed by atoms with Crippen LogP contribution in [0.25, 0.3) is 22.5 Å². The third kappa shape index (κ3) is 1.97. The first-order chi connectivity index (χ1) is 9.56. The van der Waals surface area contributed by atoms with Gasteiger partial charge < -0.3 is 5.73 Å². The smallest absolute Gasteiger partial charge is 0.153 e. The average molecular weight is 267 g/mol. The van der Waals surface area contributed by atoms with E-state index in [0.717, 1.165) is 22.5 Å². The number of nitrogens with zero attached hydrogens (tertiary/aromatic N) is 3. The number of anilines is 1. The number of nitrogens with one attached hydrogen (secondary N) is 1. The van der Waals surface area contributed by atoms with Gasteiger partial charge in [-0.3, -0.25) is 9.78 Å². The molecule has 0 radical (unpaired) electrons. The highest BCUT2D eigenvalue weighted by Gasteiger charge is 2.16. The highest BCUT2D eigenvalue weighted by molar-refractivity contribution is 5.86. The van der Waals surface area contributed by atoms with Crippen LogP contribution in [0.1, 0.15) is 11.1 Å². The first kappa shape index (κ1) is 12.5. The number of benzene rings is 1. The molecular weight excluding hydrogens is 250 g/mol. The van der Waals surface area contributed by atoms with E-state index >= 15 is 0 Å². The zero-order valence-electron chi connectivity index (χ0n) is 11.8. The van der Waals surface area contributed by atoms with Crippen molar-refractivity contribution < 1.29 is 0 Å². The van der Waals surface area contributed by atoms with Crippen molar-refractivity contribution in [1.82, 2.24) is 20.0 Å². The first-order valence-corrected chi connectivity index (χ1v) is 6.47. The predicted octanol–water partition coefficient (Wildman–Crippen LogP) is 2.68. The number of H-pyrrole nitrogens is 1. The molecule has 0 aliphatic carbocycles. The predicted molar refractivity (Wildman–Crippen MR) is 80.1 cm³/mol. The molecule has 0 aliphatic rings. The third-order valence-corrected chi connectivity index (χ3v) is 3.56. The molecule has 3 N–H and O–H groups in total. The Balaban J connectivity index is 2.18. The van der Waals surface area contributed by atoms with Crippen molar-refractivity contribution >= 4 is 5.82 Å². The molecule has 2 heterocycles. The minimum atomic E-state index is 0.494. The van der Waals surface area contributed by atoms with E-state index in [9.17, 15) is 0 Å². The highest BCUT2D eigenvalue weighted by Crippen LogP contribution is 2.34. The zero-order valence-corrected chi connectivity index (χ0v) is 11.8. The van der Waals surface area contributed by atoms with Gasteiger partial charge in [-0.15, -0.1) is 0 Å². The number of aryl methyl sites for hydroxylation is 3. The molecule has 0 unspecified atom stereocenters. The molecule has 3 rings (SSSR count). The number of hydrogen-bond donors (Lipinski definition) is 2. The maximum absolute atomic E-state index is 6.03. The Bertz CT molecular complexity index is 766. The van der Waals surface area contributed by atoms with Gasteiger partial charge in [-0.05, 0) is 36.6 Å². The number of hydrogen-bond acceptors (Lipinski definition) is 3. The Labute approximate surface area is 117 Å². The summed E-state index contributed by atoms with van der Waals surface area (Å²) in [6, 6.07) is 8.23. The molecule has 0 amide bonds. The van der Waals surface area contributed by atoms with Gasteiger partial charge in [0, 0.05) is 13.2 Å². The Morgan fingerprint density at radius 3 is 2.60 bits per heavy atom. The lowest BCUT2D eigenvalue weighted by atomic mass is 9.99. The Kier molecular flexibility index (Phi) is 2.82. The van der Waals surface area contributed by atoms with E-state index in [1.165, 1.54) is 11.1 Å². The summed E-state index contributed by atoms with van der Waals surface area (Å²) in [5.41, 5.74) is 12.2. The first-order valence-electron chi connectivity index (χ1n) is 6.47. The van der Waals surface area contributed by atoms with Crippen molar-refractivity contribution in [2.45, 2.75) is 13.8 Å². The van der Waals surface area contributed by atoms with E-state index in [1.807, 2.05) is 19.3 Å². The molecule has 0 atom stereocenters. The Hall–Kier alpha value is -2.56. The molecular formula is C15H17N5. The molecule has 5 nitrogen and oxygen atoms in total. The number of aromatic amines is 1. The summed E-state index contributed by atoms with van der Waals surface area (Å²) in [6.45, 7) is 4.19. The zero-order chi connectivity index (χ0) is 14.3. The number of aromatic nitrogens is 4. The van der Waals surface area contributed by atoms with Crippen molar-refractivity contribution in [3.8, 4) is 22.5 Å². The van der Waals surface area contributed by atoms with Gasteiger partial charge in [-0.2, -0.15) is 10.2 Å². The molecule has 20 heavy (non-hydrogen) atoms. The van der Waals surface area contributed by atoms with Gasteiger partial charge in [-0.25, -0.2) is 0 Å². The standard InChI is InChI=1S/C15H17N5/c1-9-4-5-11(8-10(9)2)13-14(17-18-15(13)16)12-6-7-20(3)19-12/h4-8H,1-3H3,(H3,16,17,18). The quantitative estimate of drug-likeness (QED) is 0.749. The van der Waals surface area contributed by atoms with E-state index in [0.29, 0.717) is 5.82 Å². The van der Waals surface area contributed by atoms with Crippen LogP contribution < -0.4 is 5.73 Å². The van der Waals surface area contributed by atoms with Crippen LogP contribution in [0.15, 0.2) is 30.5 Å². The van der Waals surface area contributed by atoms with Crippen LogP contribution in [0, 0.1) is 13.8 Å². The summed E-state index contributed by atoms with van der Waals surface area (Å²) in [7, 11) is 1.89. The second kappa shape index (κ2) is 4.52. The van der Waals surface area contributed by atoms with Crippen LogP contribution in [0.3, 0.4) is 0 Å². The summed E-state index contributed by atoms with van der Waals surface area (Å²) in [4.78, 5) is 0. The van der Waals surface area contributed by atoms with Crippen LogP contribution in [0.2, 0.25) is 0 Å². The minimum Gasteiger partial charge on any atom is -0.382 e. The topological polar surface area (TPSA) is 72.5 Å². The van der Waals surface area contributed by atoms with Crippen molar-refractivity contribution in [2.24, 2.45) is 7.05 Å². The molecule has 0 spiro atoms. The van der Waals surface area contributed by atoms with E-state index in [1.54, 1.807) is 4.68 Å².